The average Bonchev–Trinajstić information content (AvgIpc) is 2.50. The van der Waals surface area contributed by atoms with E-state index in [1.165, 1.54) is 6.07 Å². The molecule has 0 radical (unpaired) electrons. The van der Waals surface area contributed by atoms with Crippen LogP contribution in [0.5, 0.6) is 0 Å². The molecule has 1 aromatic rings. The van der Waals surface area contributed by atoms with Crippen LogP contribution in [0.1, 0.15) is 29.2 Å². The number of alkyl halides is 3. The fraction of sp³-hybridized carbons (Fsp3) is 0.556. The normalized spacial score (nSPS) is 14.4. The number of hydrogen-bond acceptors (Lipinski definition) is 2. The van der Waals surface area contributed by atoms with Crippen LogP contribution in [0.15, 0.2) is 12.1 Å². The third kappa shape index (κ3) is 2.72. The van der Waals surface area contributed by atoms with Crippen molar-refractivity contribution >= 4 is 11.3 Å². The number of aliphatic hydroxyl groups excluding tert-OH is 1. The summed E-state index contributed by atoms with van der Waals surface area (Å²) in [6.45, 7) is 1.96. The van der Waals surface area contributed by atoms with E-state index >= 15 is 0 Å². The summed E-state index contributed by atoms with van der Waals surface area (Å²) in [5, 5.41) is 8.92. The van der Waals surface area contributed by atoms with Gasteiger partial charge in [0.1, 0.15) is 0 Å². The standard InChI is InChI=1S/C9H11F3OS/c1-2-3-6-4-5-7(14-6)8(13)9(10,11)12/h4-5,8,13H,2-3H2,1H3/t8-/m1/s1. The Morgan fingerprint density at radius 2 is 2.07 bits per heavy atom. The first-order valence-corrected chi connectivity index (χ1v) is 5.10. The summed E-state index contributed by atoms with van der Waals surface area (Å²) in [4.78, 5) is 0.853. The predicted octanol–water partition coefficient (Wildman–Crippen LogP) is 3.30. The summed E-state index contributed by atoms with van der Waals surface area (Å²) in [6, 6.07) is 2.98. The van der Waals surface area contributed by atoms with Gasteiger partial charge < -0.3 is 5.11 Å². The largest absolute Gasteiger partial charge is 0.419 e. The second kappa shape index (κ2) is 4.31. The van der Waals surface area contributed by atoms with Crippen LogP contribution >= 0.6 is 11.3 Å². The molecule has 0 fully saturated rings. The minimum atomic E-state index is -4.56. The molecule has 0 aliphatic carbocycles. The minimum absolute atomic E-state index is 0.0269. The molecule has 14 heavy (non-hydrogen) atoms. The Hall–Kier alpha value is -0.550. The van der Waals surface area contributed by atoms with Gasteiger partial charge in [0.2, 0.25) is 0 Å². The van der Waals surface area contributed by atoms with Gasteiger partial charge in [-0.05, 0) is 18.6 Å². The molecule has 0 aliphatic heterocycles. The predicted molar refractivity (Wildman–Crippen MR) is 49.3 cm³/mol. The van der Waals surface area contributed by atoms with Crippen LogP contribution in [-0.4, -0.2) is 11.3 Å². The quantitative estimate of drug-likeness (QED) is 0.835. The molecule has 0 unspecified atom stereocenters. The van der Waals surface area contributed by atoms with Crippen molar-refractivity contribution in [3.8, 4) is 0 Å². The van der Waals surface area contributed by atoms with Crippen molar-refractivity contribution in [3.05, 3.63) is 21.9 Å². The van der Waals surface area contributed by atoms with Crippen molar-refractivity contribution in [1.29, 1.82) is 0 Å². The van der Waals surface area contributed by atoms with Gasteiger partial charge in [-0.3, -0.25) is 0 Å². The molecule has 1 heterocycles. The lowest BCUT2D eigenvalue weighted by Crippen LogP contribution is -2.18. The van der Waals surface area contributed by atoms with E-state index in [-0.39, 0.29) is 4.88 Å². The lowest BCUT2D eigenvalue weighted by molar-refractivity contribution is -0.205. The van der Waals surface area contributed by atoms with E-state index in [1.807, 2.05) is 6.92 Å². The Balaban J connectivity index is 2.76. The molecule has 1 rings (SSSR count). The summed E-state index contributed by atoms with van der Waals surface area (Å²) in [5.41, 5.74) is 0. The van der Waals surface area contributed by atoms with Gasteiger partial charge >= 0.3 is 6.18 Å². The first-order valence-electron chi connectivity index (χ1n) is 4.28. The highest BCUT2D eigenvalue weighted by atomic mass is 32.1. The van der Waals surface area contributed by atoms with Crippen molar-refractivity contribution in [1.82, 2.24) is 0 Å². The number of hydrogen-bond donors (Lipinski definition) is 1. The Morgan fingerprint density at radius 1 is 1.43 bits per heavy atom. The Bertz CT molecular complexity index is 292. The molecular formula is C9H11F3OS. The van der Waals surface area contributed by atoms with Gasteiger partial charge in [0, 0.05) is 9.75 Å². The first kappa shape index (κ1) is 11.5. The summed E-state index contributed by atoms with van der Waals surface area (Å²) in [5.74, 6) is 0. The third-order valence-corrected chi connectivity index (χ3v) is 2.96. The van der Waals surface area contributed by atoms with Gasteiger partial charge in [-0.25, -0.2) is 0 Å². The molecule has 1 atom stereocenters. The maximum Gasteiger partial charge on any atom is 0.419 e. The van der Waals surface area contributed by atoms with Crippen molar-refractivity contribution in [2.45, 2.75) is 32.0 Å². The van der Waals surface area contributed by atoms with Gasteiger partial charge in [-0.1, -0.05) is 13.3 Å². The molecule has 80 valence electrons. The zero-order valence-electron chi connectivity index (χ0n) is 7.64. The van der Waals surface area contributed by atoms with Gasteiger partial charge in [0.05, 0.1) is 0 Å². The lowest BCUT2D eigenvalue weighted by Gasteiger charge is -2.11. The smallest absolute Gasteiger partial charge is 0.379 e. The molecule has 1 nitrogen and oxygen atoms in total. The highest BCUT2D eigenvalue weighted by Gasteiger charge is 2.40. The van der Waals surface area contributed by atoms with Gasteiger partial charge in [-0.2, -0.15) is 13.2 Å². The fourth-order valence-electron chi connectivity index (χ4n) is 1.08. The van der Waals surface area contributed by atoms with Crippen LogP contribution in [0.25, 0.3) is 0 Å². The van der Waals surface area contributed by atoms with E-state index < -0.39 is 12.3 Å². The van der Waals surface area contributed by atoms with E-state index in [4.69, 9.17) is 5.11 Å². The summed E-state index contributed by atoms with van der Waals surface area (Å²) in [6.07, 6.45) is -5.25. The summed E-state index contributed by atoms with van der Waals surface area (Å²) >= 11 is 1.02. The Labute approximate surface area is 84.2 Å². The molecule has 1 aromatic heterocycles. The number of rotatable bonds is 3. The van der Waals surface area contributed by atoms with Crippen molar-refractivity contribution in [3.63, 3.8) is 0 Å². The topological polar surface area (TPSA) is 20.2 Å². The van der Waals surface area contributed by atoms with E-state index in [2.05, 4.69) is 0 Å². The van der Waals surface area contributed by atoms with Crippen LogP contribution in [0, 0.1) is 0 Å². The van der Waals surface area contributed by atoms with Gasteiger partial charge in [-0.15, -0.1) is 11.3 Å². The molecular weight excluding hydrogens is 213 g/mol. The molecule has 0 saturated carbocycles. The highest BCUT2D eigenvalue weighted by molar-refractivity contribution is 7.12. The van der Waals surface area contributed by atoms with Crippen LogP contribution in [0.4, 0.5) is 13.2 Å². The van der Waals surface area contributed by atoms with E-state index in [9.17, 15) is 13.2 Å². The number of thiophene rings is 1. The van der Waals surface area contributed by atoms with E-state index in [0.717, 1.165) is 29.1 Å². The Morgan fingerprint density at radius 3 is 2.57 bits per heavy atom. The van der Waals surface area contributed by atoms with E-state index in [1.54, 1.807) is 6.07 Å². The first-order chi connectivity index (χ1) is 6.45. The molecule has 0 aromatic carbocycles. The zero-order chi connectivity index (χ0) is 10.8. The maximum atomic E-state index is 12.1. The van der Waals surface area contributed by atoms with Crippen LogP contribution in [0.3, 0.4) is 0 Å². The SMILES string of the molecule is CCCc1ccc([C@@H](O)C(F)(F)F)s1. The molecule has 0 saturated heterocycles. The number of aliphatic hydroxyl groups is 1. The van der Waals surface area contributed by atoms with Crippen molar-refractivity contribution in [2.24, 2.45) is 0 Å². The maximum absolute atomic E-state index is 12.1. The van der Waals surface area contributed by atoms with Crippen LogP contribution < -0.4 is 0 Å². The van der Waals surface area contributed by atoms with Gasteiger partial charge in [0.25, 0.3) is 0 Å². The van der Waals surface area contributed by atoms with Crippen molar-refractivity contribution in [2.75, 3.05) is 0 Å². The van der Waals surface area contributed by atoms with Crippen molar-refractivity contribution < 1.29 is 18.3 Å². The fourth-order valence-corrected chi connectivity index (χ4v) is 2.21. The van der Waals surface area contributed by atoms with Crippen LogP contribution in [-0.2, 0) is 6.42 Å². The number of aryl methyl sites for hydroxylation is 1. The minimum Gasteiger partial charge on any atom is -0.379 e. The highest BCUT2D eigenvalue weighted by Crippen LogP contribution is 2.36. The monoisotopic (exact) mass is 224 g/mol. The summed E-state index contributed by atoms with van der Waals surface area (Å²) in [7, 11) is 0. The molecule has 0 spiro atoms. The molecule has 0 aliphatic rings. The van der Waals surface area contributed by atoms with Crippen LogP contribution in [0.2, 0.25) is 0 Å². The van der Waals surface area contributed by atoms with E-state index in [0.29, 0.717) is 0 Å². The summed E-state index contributed by atoms with van der Waals surface area (Å²) < 4.78 is 36.3. The molecule has 0 bridgehead atoms. The second-order valence-electron chi connectivity index (χ2n) is 3.00. The van der Waals surface area contributed by atoms with Gasteiger partial charge in [0.15, 0.2) is 6.10 Å². The zero-order valence-corrected chi connectivity index (χ0v) is 8.45. The molecule has 5 heteroatoms. The number of halogens is 3. The second-order valence-corrected chi connectivity index (χ2v) is 4.20. The molecule has 1 N–H and O–H groups in total. The molecule has 0 amide bonds. The third-order valence-electron chi connectivity index (χ3n) is 1.76. The average molecular weight is 224 g/mol. The Kier molecular flexibility index (Phi) is 3.55. The lowest BCUT2D eigenvalue weighted by atomic mass is 10.2.